The first-order valence-corrected chi connectivity index (χ1v) is 11.7. The highest BCUT2D eigenvalue weighted by Gasteiger charge is 2.47. The summed E-state index contributed by atoms with van der Waals surface area (Å²) in [6, 6.07) is 3.23. The Labute approximate surface area is 206 Å². The molecule has 0 saturated carbocycles. The van der Waals surface area contributed by atoms with Gasteiger partial charge in [0.15, 0.2) is 0 Å². The average molecular weight is 511 g/mol. The minimum atomic E-state index is -4.31. The van der Waals surface area contributed by atoms with Gasteiger partial charge in [-0.3, -0.25) is 0 Å². The van der Waals surface area contributed by atoms with E-state index in [9.17, 15) is 13.2 Å². The number of nitriles is 1. The molecule has 2 saturated heterocycles. The van der Waals surface area contributed by atoms with E-state index < -0.39 is 18.1 Å². The largest absolute Gasteiger partial charge is 0.481 e. The molecule has 12 heteroatoms. The number of hydrogen-bond acceptors (Lipinski definition) is 8. The lowest BCUT2D eigenvalue weighted by Crippen LogP contribution is -2.44. The van der Waals surface area contributed by atoms with Gasteiger partial charge in [-0.05, 0) is 6.42 Å². The van der Waals surface area contributed by atoms with E-state index in [-0.39, 0.29) is 31.4 Å². The monoisotopic (exact) mass is 510 g/mol. The van der Waals surface area contributed by atoms with E-state index in [1.165, 1.54) is 17.3 Å². The lowest BCUT2D eigenvalue weighted by atomic mass is 9.96. The molecule has 0 bridgehead atoms. The maximum atomic E-state index is 13.2. The van der Waals surface area contributed by atoms with Crippen LogP contribution in [0.25, 0.3) is 0 Å². The molecule has 0 spiro atoms. The zero-order valence-electron chi connectivity index (χ0n) is 19.4. The molecule has 0 radical (unpaired) electrons. The number of aromatic nitrogens is 3. The molecule has 0 N–H and O–H groups in total. The SMILES string of the molecule is COc1cc(N2CCC(Oc3cnc(N4CC(C(F)(F)F)CC4CC#N)cn3)C(C)C2)c(Cl)cn1. The fourth-order valence-corrected chi connectivity index (χ4v) is 4.91. The second kappa shape index (κ2) is 10.3. The lowest BCUT2D eigenvalue weighted by molar-refractivity contribution is -0.168. The number of anilines is 2. The maximum Gasteiger partial charge on any atom is 0.393 e. The van der Waals surface area contributed by atoms with Gasteiger partial charge < -0.3 is 19.3 Å². The van der Waals surface area contributed by atoms with Crippen molar-refractivity contribution in [2.45, 2.75) is 44.5 Å². The van der Waals surface area contributed by atoms with Gasteiger partial charge in [0.2, 0.25) is 11.8 Å². The Bertz CT molecular complexity index is 1060. The van der Waals surface area contributed by atoms with Crippen LogP contribution in [0.4, 0.5) is 24.7 Å². The van der Waals surface area contributed by atoms with Gasteiger partial charge in [0.05, 0.1) is 54.8 Å². The summed E-state index contributed by atoms with van der Waals surface area (Å²) >= 11 is 6.34. The summed E-state index contributed by atoms with van der Waals surface area (Å²) in [5.74, 6) is -0.230. The van der Waals surface area contributed by atoms with Crippen molar-refractivity contribution in [3.8, 4) is 17.8 Å². The van der Waals surface area contributed by atoms with Crippen LogP contribution in [0, 0.1) is 23.2 Å². The fraction of sp³-hybridized carbons (Fsp3) is 0.565. The van der Waals surface area contributed by atoms with Crippen LogP contribution in [0.1, 0.15) is 26.2 Å². The molecule has 2 aromatic heterocycles. The number of pyridine rings is 1. The van der Waals surface area contributed by atoms with Crippen LogP contribution in [-0.2, 0) is 0 Å². The van der Waals surface area contributed by atoms with Gasteiger partial charge >= 0.3 is 6.18 Å². The van der Waals surface area contributed by atoms with Gasteiger partial charge in [-0.2, -0.15) is 18.4 Å². The van der Waals surface area contributed by atoms with Crippen LogP contribution >= 0.6 is 11.6 Å². The first-order chi connectivity index (χ1) is 16.7. The van der Waals surface area contributed by atoms with Crippen molar-refractivity contribution in [3.05, 3.63) is 29.7 Å². The summed E-state index contributed by atoms with van der Waals surface area (Å²) in [6.07, 6.45) is 0.589. The van der Waals surface area contributed by atoms with E-state index in [0.29, 0.717) is 35.7 Å². The van der Waals surface area contributed by atoms with Crippen LogP contribution < -0.4 is 19.3 Å². The molecule has 0 aliphatic carbocycles. The second-order valence-corrected chi connectivity index (χ2v) is 9.31. The quantitative estimate of drug-likeness (QED) is 0.561. The third-order valence-corrected chi connectivity index (χ3v) is 6.86. The minimum Gasteiger partial charge on any atom is -0.481 e. The van der Waals surface area contributed by atoms with Crippen molar-refractivity contribution in [3.63, 3.8) is 0 Å². The third-order valence-electron chi connectivity index (χ3n) is 6.57. The van der Waals surface area contributed by atoms with Gasteiger partial charge in [0, 0.05) is 44.1 Å². The van der Waals surface area contributed by atoms with Gasteiger partial charge in [0.1, 0.15) is 11.9 Å². The normalized spacial score (nSPS) is 24.8. The molecule has 2 aromatic rings. The number of piperidine rings is 1. The smallest absolute Gasteiger partial charge is 0.393 e. The molecule has 4 atom stereocenters. The Morgan fingerprint density at radius 2 is 1.94 bits per heavy atom. The zero-order chi connectivity index (χ0) is 25.2. The third kappa shape index (κ3) is 5.64. The number of alkyl halides is 3. The first-order valence-electron chi connectivity index (χ1n) is 11.3. The molecule has 4 rings (SSSR count). The average Bonchev–Trinajstić information content (AvgIpc) is 3.26. The molecule has 2 aliphatic heterocycles. The van der Waals surface area contributed by atoms with Crippen LogP contribution in [0.5, 0.6) is 11.8 Å². The van der Waals surface area contributed by atoms with E-state index >= 15 is 0 Å². The van der Waals surface area contributed by atoms with Gasteiger partial charge in [-0.1, -0.05) is 18.5 Å². The summed E-state index contributed by atoms with van der Waals surface area (Å²) in [5.41, 5.74) is 0.850. The molecule has 4 heterocycles. The van der Waals surface area contributed by atoms with Crippen molar-refractivity contribution in [1.29, 1.82) is 5.26 Å². The fourth-order valence-electron chi connectivity index (χ4n) is 4.69. The number of hydrogen-bond donors (Lipinski definition) is 0. The number of halogens is 4. The molecule has 0 amide bonds. The van der Waals surface area contributed by atoms with E-state index in [4.69, 9.17) is 26.3 Å². The molecule has 188 valence electrons. The second-order valence-electron chi connectivity index (χ2n) is 8.90. The molecule has 2 aliphatic rings. The Hall–Kier alpha value is -3.00. The van der Waals surface area contributed by atoms with Gasteiger partial charge in [0.25, 0.3) is 0 Å². The highest BCUT2D eigenvalue weighted by Crippen LogP contribution is 2.39. The summed E-state index contributed by atoms with van der Waals surface area (Å²) < 4.78 is 51.0. The number of nitrogens with zero attached hydrogens (tertiary/aromatic N) is 6. The summed E-state index contributed by atoms with van der Waals surface area (Å²) in [4.78, 5) is 16.4. The number of ether oxygens (including phenoxy) is 2. The van der Waals surface area contributed by atoms with Crippen LogP contribution in [0.2, 0.25) is 5.02 Å². The first kappa shape index (κ1) is 25.1. The molecule has 0 aromatic carbocycles. The van der Waals surface area contributed by atoms with E-state index in [1.54, 1.807) is 13.3 Å². The molecule has 2 fully saturated rings. The van der Waals surface area contributed by atoms with E-state index in [0.717, 1.165) is 12.1 Å². The zero-order valence-corrected chi connectivity index (χ0v) is 20.1. The predicted octanol–water partition coefficient (Wildman–Crippen LogP) is 4.50. The Morgan fingerprint density at radius 3 is 2.57 bits per heavy atom. The molecule has 35 heavy (non-hydrogen) atoms. The van der Waals surface area contributed by atoms with Gasteiger partial charge in [-0.25, -0.2) is 15.0 Å². The van der Waals surface area contributed by atoms with E-state index in [2.05, 4.69) is 26.8 Å². The molecular formula is C23H26ClF3N6O2. The highest BCUT2D eigenvalue weighted by molar-refractivity contribution is 6.33. The topological polar surface area (TPSA) is 87.4 Å². The Balaban J connectivity index is 1.39. The van der Waals surface area contributed by atoms with Crippen molar-refractivity contribution >= 4 is 23.1 Å². The van der Waals surface area contributed by atoms with Crippen molar-refractivity contribution in [2.24, 2.45) is 11.8 Å². The molecule has 4 unspecified atom stereocenters. The van der Waals surface area contributed by atoms with Crippen molar-refractivity contribution in [1.82, 2.24) is 15.0 Å². The summed E-state index contributed by atoms with van der Waals surface area (Å²) in [6.45, 7) is 3.24. The van der Waals surface area contributed by atoms with Gasteiger partial charge in [-0.15, -0.1) is 0 Å². The van der Waals surface area contributed by atoms with E-state index in [1.807, 2.05) is 12.1 Å². The summed E-state index contributed by atoms with van der Waals surface area (Å²) in [5, 5.41) is 9.58. The summed E-state index contributed by atoms with van der Waals surface area (Å²) in [7, 11) is 1.55. The minimum absolute atomic E-state index is 0.00400. The Kier molecular flexibility index (Phi) is 7.40. The van der Waals surface area contributed by atoms with Crippen LogP contribution in [0.3, 0.4) is 0 Å². The van der Waals surface area contributed by atoms with Crippen molar-refractivity contribution < 1.29 is 22.6 Å². The number of rotatable bonds is 6. The van der Waals surface area contributed by atoms with Crippen molar-refractivity contribution in [2.75, 3.05) is 36.5 Å². The predicted molar refractivity (Wildman–Crippen MR) is 124 cm³/mol. The molecule has 8 nitrogen and oxygen atoms in total. The Morgan fingerprint density at radius 1 is 1.17 bits per heavy atom. The van der Waals surface area contributed by atoms with Crippen LogP contribution in [0.15, 0.2) is 24.7 Å². The highest BCUT2D eigenvalue weighted by atomic mass is 35.5. The molecular weight excluding hydrogens is 485 g/mol. The lowest BCUT2D eigenvalue weighted by Gasteiger charge is -2.38. The van der Waals surface area contributed by atoms with Crippen LogP contribution in [-0.4, -0.2) is 60.0 Å². The number of methoxy groups -OCH3 is 1. The standard InChI is InChI=1S/C23H26ClF3N6O2/c1-14-12-32(18-8-21(34-2)30-9-17(18)24)6-4-19(14)35-22-11-29-20(10-31-22)33-13-15(23(25,26)27)7-16(33)3-5-28/h8-11,14-16,19H,3-4,6-7,12-13H2,1-2H3. The maximum absolute atomic E-state index is 13.2.